The van der Waals surface area contributed by atoms with Gasteiger partial charge in [-0.2, -0.15) is 0 Å². The van der Waals surface area contributed by atoms with E-state index in [9.17, 15) is 4.79 Å². The van der Waals surface area contributed by atoms with E-state index in [1.807, 2.05) is 54.6 Å². The molecule has 0 atom stereocenters. The van der Waals surface area contributed by atoms with Gasteiger partial charge in [-0.25, -0.2) is 4.98 Å². The smallest absolute Gasteiger partial charge is 0.252 e. The van der Waals surface area contributed by atoms with Crippen molar-refractivity contribution >= 4 is 16.8 Å². The van der Waals surface area contributed by atoms with Crippen molar-refractivity contribution in [1.29, 1.82) is 0 Å². The van der Waals surface area contributed by atoms with E-state index in [1.54, 1.807) is 7.11 Å². The van der Waals surface area contributed by atoms with Gasteiger partial charge in [0, 0.05) is 23.9 Å². The molecule has 162 valence electrons. The molecule has 0 saturated heterocycles. The lowest BCUT2D eigenvalue weighted by molar-refractivity contribution is -0.691. The van der Waals surface area contributed by atoms with Gasteiger partial charge in [0.05, 0.1) is 36.5 Å². The van der Waals surface area contributed by atoms with Crippen molar-refractivity contribution in [3.05, 3.63) is 60.2 Å². The number of hydrogen-bond donors (Lipinski definition) is 2. The highest BCUT2D eigenvalue weighted by Crippen LogP contribution is 2.26. The number of hydrogen-bond acceptors (Lipinski definition) is 3. The number of nitrogens with zero attached hydrogens (tertiary/aromatic N) is 1. The minimum atomic E-state index is -0.0361. The molecule has 0 unspecified atom stereocenters. The number of aromatic nitrogens is 1. The third-order valence-corrected chi connectivity index (χ3v) is 6.16. The van der Waals surface area contributed by atoms with E-state index in [-0.39, 0.29) is 5.91 Å². The Labute approximate surface area is 184 Å². The number of nitrogens with two attached hydrogens (primary N) is 1. The van der Waals surface area contributed by atoms with Gasteiger partial charge >= 0.3 is 0 Å². The van der Waals surface area contributed by atoms with Crippen molar-refractivity contribution in [2.24, 2.45) is 0 Å². The summed E-state index contributed by atoms with van der Waals surface area (Å²) in [5, 5.41) is 6.47. The SMILES string of the molecule is COc1ccc(-c2cc(C(=O)NCCC[NH2+]C3CCCCC3)c3ccccc3n2)cc1. The fourth-order valence-electron chi connectivity index (χ4n) is 4.40. The lowest BCUT2D eigenvalue weighted by Gasteiger charge is -2.19. The molecule has 0 spiro atoms. The van der Waals surface area contributed by atoms with Crippen molar-refractivity contribution in [2.45, 2.75) is 44.6 Å². The first-order chi connectivity index (χ1) is 15.2. The lowest BCUT2D eigenvalue weighted by atomic mass is 9.95. The van der Waals surface area contributed by atoms with Gasteiger partial charge in [-0.05, 0) is 62.1 Å². The second-order valence-corrected chi connectivity index (χ2v) is 8.33. The van der Waals surface area contributed by atoms with E-state index in [2.05, 4.69) is 10.6 Å². The summed E-state index contributed by atoms with van der Waals surface area (Å²) in [6.45, 7) is 1.76. The third kappa shape index (κ3) is 5.42. The molecule has 1 amide bonds. The normalized spacial score (nSPS) is 14.5. The van der Waals surface area contributed by atoms with Gasteiger partial charge in [-0.15, -0.1) is 0 Å². The van der Waals surface area contributed by atoms with E-state index in [4.69, 9.17) is 9.72 Å². The van der Waals surface area contributed by atoms with E-state index < -0.39 is 0 Å². The zero-order valence-corrected chi connectivity index (χ0v) is 18.3. The van der Waals surface area contributed by atoms with Crippen LogP contribution in [0.3, 0.4) is 0 Å². The maximum Gasteiger partial charge on any atom is 0.252 e. The Morgan fingerprint density at radius 1 is 1.10 bits per heavy atom. The molecule has 1 saturated carbocycles. The molecule has 0 radical (unpaired) electrons. The van der Waals surface area contributed by atoms with Crippen molar-refractivity contribution in [3.8, 4) is 17.0 Å². The lowest BCUT2D eigenvalue weighted by Crippen LogP contribution is -2.90. The van der Waals surface area contributed by atoms with Crippen LogP contribution in [0.2, 0.25) is 0 Å². The Hall–Kier alpha value is -2.92. The molecule has 0 aliphatic heterocycles. The molecule has 5 heteroatoms. The number of carbonyl (C=O) groups excluding carboxylic acids is 1. The number of quaternary nitrogens is 1. The monoisotopic (exact) mass is 418 g/mol. The summed E-state index contributed by atoms with van der Waals surface area (Å²) in [6, 6.07) is 18.3. The van der Waals surface area contributed by atoms with Gasteiger partial charge in [-0.3, -0.25) is 4.79 Å². The van der Waals surface area contributed by atoms with Gasteiger partial charge in [-0.1, -0.05) is 24.6 Å². The summed E-state index contributed by atoms with van der Waals surface area (Å²) in [5.74, 6) is 0.763. The van der Waals surface area contributed by atoms with Crippen molar-refractivity contribution < 1.29 is 14.8 Å². The molecule has 31 heavy (non-hydrogen) atoms. The van der Waals surface area contributed by atoms with Gasteiger partial charge in [0.15, 0.2) is 0 Å². The molecule has 0 bridgehead atoms. The maximum absolute atomic E-state index is 13.0. The number of carbonyl (C=O) groups is 1. The number of rotatable bonds is 8. The molecule has 1 fully saturated rings. The molecule has 5 nitrogen and oxygen atoms in total. The molecule has 1 heterocycles. The van der Waals surface area contributed by atoms with Crippen molar-refractivity contribution in [2.75, 3.05) is 20.2 Å². The fraction of sp³-hybridized carbons (Fsp3) is 0.385. The summed E-state index contributed by atoms with van der Waals surface area (Å²) in [5.41, 5.74) is 3.25. The summed E-state index contributed by atoms with van der Waals surface area (Å²) in [7, 11) is 1.65. The Bertz CT molecular complexity index is 1010. The third-order valence-electron chi connectivity index (χ3n) is 6.16. The Balaban J connectivity index is 1.44. The molecule has 1 aromatic heterocycles. The van der Waals surface area contributed by atoms with Gasteiger partial charge in [0.25, 0.3) is 5.91 Å². The quantitative estimate of drug-likeness (QED) is 0.545. The van der Waals surface area contributed by atoms with Crippen LogP contribution in [0.4, 0.5) is 0 Å². The molecule has 3 aromatic rings. The fourth-order valence-corrected chi connectivity index (χ4v) is 4.40. The first-order valence-electron chi connectivity index (χ1n) is 11.4. The van der Waals surface area contributed by atoms with Gasteiger partial charge in [0.2, 0.25) is 0 Å². The number of methoxy groups -OCH3 is 1. The molecular formula is C26H32N3O2+. The highest BCUT2D eigenvalue weighted by molar-refractivity contribution is 6.07. The molecule has 1 aliphatic rings. The summed E-state index contributed by atoms with van der Waals surface area (Å²) in [6.07, 6.45) is 7.77. The van der Waals surface area contributed by atoms with Crippen molar-refractivity contribution in [1.82, 2.24) is 10.3 Å². The molecule has 3 N–H and O–H groups in total. The van der Waals surface area contributed by atoms with Crippen LogP contribution in [0.25, 0.3) is 22.2 Å². The van der Waals surface area contributed by atoms with Crippen LogP contribution < -0.4 is 15.4 Å². The summed E-state index contributed by atoms with van der Waals surface area (Å²) >= 11 is 0. The predicted octanol–water partition coefficient (Wildman–Crippen LogP) is 3.93. The zero-order valence-electron chi connectivity index (χ0n) is 18.3. The minimum absolute atomic E-state index is 0.0361. The second kappa shape index (κ2) is 10.4. The number of ether oxygens (including phenoxy) is 1. The van der Waals surface area contributed by atoms with Crippen LogP contribution in [-0.4, -0.2) is 37.1 Å². The highest BCUT2D eigenvalue weighted by Gasteiger charge is 2.16. The zero-order chi connectivity index (χ0) is 21.5. The van der Waals surface area contributed by atoms with E-state index in [0.29, 0.717) is 12.1 Å². The average molecular weight is 419 g/mol. The summed E-state index contributed by atoms with van der Waals surface area (Å²) in [4.78, 5) is 17.8. The predicted molar refractivity (Wildman–Crippen MR) is 124 cm³/mol. The van der Waals surface area contributed by atoms with E-state index in [1.165, 1.54) is 32.1 Å². The van der Waals surface area contributed by atoms with Crippen LogP contribution >= 0.6 is 0 Å². The highest BCUT2D eigenvalue weighted by atomic mass is 16.5. The van der Waals surface area contributed by atoms with Crippen LogP contribution in [-0.2, 0) is 0 Å². The van der Waals surface area contributed by atoms with Crippen LogP contribution in [0.1, 0.15) is 48.9 Å². The van der Waals surface area contributed by atoms with Crippen LogP contribution in [0.5, 0.6) is 5.75 Å². The Kier molecular flexibility index (Phi) is 7.15. The number of benzene rings is 2. The largest absolute Gasteiger partial charge is 0.497 e. The molecule has 1 aliphatic carbocycles. The van der Waals surface area contributed by atoms with Crippen molar-refractivity contribution in [3.63, 3.8) is 0 Å². The van der Waals surface area contributed by atoms with E-state index >= 15 is 0 Å². The van der Waals surface area contributed by atoms with Gasteiger partial charge in [0.1, 0.15) is 5.75 Å². The molecule has 2 aromatic carbocycles. The van der Waals surface area contributed by atoms with Gasteiger partial charge < -0.3 is 15.4 Å². The molecular weight excluding hydrogens is 386 g/mol. The van der Waals surface area contributed by atoms with E-state index in [0.717, 1.165) is 46.9 Å². The molecule has 4 rings (SSSR count). The number of pyridine rings is 1. The first-order valence-corrected chi connectivity index (χ1v) is 11.4. The number of nitrogens with one attached hydrogen (secondary N) is 1. The minimum Gasteiger partial charge on any atom is -0.497 e. The summed E-state index contributed by atoms with van der Waals surface area (Å²) < 4.78 is 5.25. The maximum atomic E-state index is 13.0. The van der Waals surface area contributed by atoms with Crippen LogP contribution in [0, 0.1) is 0 Å². The van der Waals surface area contributed by atoms with Crippen LogP contribution in [0.15, 0.2) is 54.6 Å². The topological polar surface area (TPSA) is 67.8 Å². The average Bonchev–Trinajstić information content (AvgIpc) is 2.83. The standard InChI is InChI=1S/C26H31N3O2/c1-31-21-14-12-19(13-15-21)25-18-23(22-10-5-6-11-24(22)29-25)26(30)28-17-7-16-27-20-8-3-2-4-9-20/h5-6,10-15,18,20,27H,2-4,7-9,16-17H2,1H3,(H,28,30)/p+1. The Morgan fingerprint density at radius 2 is 1.87 bits per heavy atom. The second-order valence-electron chi connectivity index (χ2n) is 8.33. The Morgan fingerprint density at radius 3 is 2.65 bits per heavy atom. The number of fused-ring (bicyclic) bond motifs is 1. The number of para-hydroxylation sites is 1. The first kappa shape index (κ1) is 21.3. The number of amides is 1.